The van der Waals surface area contributed by atoms with Crippen LogP contribution in [-0.2, 0) is 21.1 Å². The molecule has 10 nitrogen and oxygen atoms in total. The van der Waals surface area contributed by atoms with E-state index in [-0.39, 0.29) is 12.4 Å². The third-order valence-corrected chi connectivity index (χ3v) is 3.47. The van der Waals surface area contributed by atoms with Crippen LogP contribution < -0.4 is 5.73 Å². The number of hydrogen-bond acceptors (Lipinski definition) is 8. The Bertz CT molecular complexity index is 527. The minimum atomic E-state index is -2.34. The molecular weight excluding hydrogens is 311 g/mol. The van der Waals surface area contributed by atoms with Gasteiger partial charge < -0.3 is 30.1 Å². The van der Waals surface area contributed by atoms with Crippen molar-refractivity contribution in [1.29, 1.82) is 0 Å². The SMILES string of the molecule is NC(=O)c1ncn([C@@H]2O[C@H](CO[PH](O)=S)[C@@H](O)[C@H]2O)n1. The highest BCUT2D eigenvalue weighted by Gasteiger charge is 2.44. The zero-order valence-corrected chi connectivity index (χ0v) is 11.8. The molecule has 0 radical (unpaired) electrons. The molecule has 1 aromatic rings. The van der Waals surface area contributed by atoms with Crippen molar-refractivity contribution < 1.29 is 29.2 Å². The monoisotopic (exact) mass is 324 g/mol. The molecule has 112 valence electrons. The molecule has 1 amide bonds. The van der Waals surface area contributed by atoms with E-state index in [0.717, 1.165) is 11.0 Å². The molecule has 0 bridgehead atoms. The van der Waals surface area contributed by atoms with Gasteiger partial charge in [-0.05, 0) is 11.8 Å². The van der Waals surface area contributed by atoms with Crippen molar-refractivity contribution in [3.8, 4) is 0 Å². The molecule has 0 aromatic carbocycles. The molecule has 5 N–H and O–H groups in total. The molecule has 0 aliphatic carbocycles. The van der Waals surface area contributed by atoms with Gasteiger partial charge in [-0.2, -0.15) is 0 Å². The summed E-state index contributed by atoms with van der Waals surface area (Å²) in [6.07, 6.45) is -3.33. The van der Waals surface area contributed by atoms with Crippen LogP contribution in [0, 0.1) is 0 Å². The summed E-state index contributed by atoms with van der Waals surface area (Å²) in [5.74, 6) is -1.06. The van der Waals surface area contributed by atoms with Crippen molar-refractivity contribution in [2.75, 3.05) is 6.61 Å². The van der Waals surface area contributed by atoms with Gasteiger partial charge in [0.05, 0.1) is 6.61 Å². The van der Waals surface area contributed by atoms with E-state index in [2.05, 4.69) is 21.9 Å². The molecule has 2 rings (SSSR count). The molecule has 2 heterocycles. The molecule has 1 aliphatic rings. The minimum Gasteiger partial charge on any atom is -0.387 e. The van der Waals surface area contributed by atoms with E-state index in [1.165, 1.54) is 0 Å². The first-order valence-corrected chi connectivity index (χ1v) is 7.97. The van der Waals surface area contributed by atoms with Gasteiger partial charge in [-0.3, -0.25) is 4.79 Å². The van der Waals surface area contributed by atoms with Crippen molar-refractivity contribution in [2.45, 2.75) is 24.5 Å². The predicted molar refractivity (Wildman–Crippen MR) is 68.3 cm³/mol. The highest BCUT2D eigenvalue weighted by Crippen LogP contribution is 2.30. The summed E-state index contributed by atoms with van der Waals surface area (Å²) >= 11 is 4.49. The topological polar surface area (TPSA) is 153 Å². The van der Waals surface area contributed by atoms with Crippen LogP contribution in [0.15, 0.2) is 6.33 Å². The first-order chi connectivity index (χ1) is 9.40. The fraction of sp³-hybridized carbons (Fsp3) is 0.625. The Morgan fingerprint density at radius 2 is 2.30 bits per heavy atom. The second-order valence-corrected chi connectivity index (χ2v) is 5.90. The Labute approximate surface area is 118 Å². The van der Waals surface area contributed by atoms with Crippen LogP contribution in [0.1, 0.15) is 16.8 Å². The highest BCUT2D eigenvalue weighted by atomic mass is 32.4. The Morgan fingerprint density at radius 3 is 2.85 bits per heavy atom. The number of hydrogen-bond donors (Lipinski definition) is 4. The zero-order chi connectivity index (χ0) is 14.9. The first-order valence-electron chi connectivity index (χ1n) is 5.48. The lowest BCUT2D eigenvalue weighted by Gasteiger charge is -2.13. The molecule has 1 aliphatic heterocycles. The number of carbonyl (C=O) groups is 1. The molecule has 1 unspecified atom stereocenters. The number of rotatable bonds is 5. The zero-order valence-electron chi connectivity index (χ0n) is 9.99. The lowest BCUT2D eigenvalue weighted by atomic mass is 10.1. The number of nitrogens with two attached hydrogens (primary N) is 1. The van der Waals surface area contributed by atoms with E-state index in [4.69, 9.17) is 19.9 Å². The second-order valence-electron chi connectivity index (χ2n) is 4.04. The van der Waals surface area contributed by atoms with Gasteiger partial charge in [0.15, 0.2) is 13.4 Å². The van der Waals surface area contributed by atoms with Crippen LogP contribution in [0.4, 0.5) is 0 Å². The van der Waals surface area contributed by atoms with Crippen LogP contribution in [0.2, 0.25) is 0 Å². The van der Waals surface area contributed by atoms with Crippen molar-refractivity contribution in [1.82, 2.24) is 14.8 Å². The van der Waals surface area contributed by atoms with Gasteiger partial charge >= 0.3 is 0 Å². The highest BCUT2D eigenvalue weighted by molar-refractivity contribution is 8.00. The summed E-state index contributed by atoms with van der Waals surface area (Å²) in [5, 5.41) is 23.4. The van der Waals surface area contributed by atoms with Gasteiger partial charge in [0.25, 0.3) is 5.91 Å². The summed E-state index contributed by atoms with van der Waals surface area (Å²) in [6.45, 7) is -0.166. The maximum absolute atomic E-state index is 10.9. The van der Waals surface area contributed by atoms with E-state index in [0.29, 0.717) is 0 Å². The lowest BCUT2D eigenvalue weighted by molar-refractivity contribution is -0.0550. The van der Waals surface area contributed by atoms with Crippen LogP contribution in [0.25, 0.3) is 0 Å². The van der Waals surface area contributed by atoms with Crippen molar-refractivity contribution in [3.63, 3.8) is 0 Å². The maximum atomic E-state index is 10.9. The van der Waals surface area contributed by atoms with Crippen LogP contribution in [0.3, 0.4) is 0 Å². The van der Waals surface area contributed by atoms with E-state index in [9.17, 15) is 15.0 Å². The fourth-order valence-corrected chi connectivity index (χ4v) is 2.26. The third-order valence-electron chi connectivity index (χ3n) is 2.70. The number of aliphatic hydroxyl groups excluding tert-OH is 2. The van der Waals surface area contributed by atoms with Gasteiger partial charge in [-0.25, -0.2) is 9.67 Å². The second kappa shape index (κ2) is 6.22. The number of primary amides is 1. The van der Waals surface area contributed by atoms with Crippen molar-refractivity contribution in [2.24, 2.45) is 5.73 Å². The van der Waals surface area contributed by atoms with Gasteiger partial charge in [-0.1, -0.05) is 0 Å². The molecule has 1 aromatic heterocycles. The molecule has 1 saturated heterocycles. The Hall–Kier alpha value is -0.940. The number of carbonyl (C=O) groups excluding carboxylic acids is 1. The first kappa shape index (κ1) is 15.4. The van der Waals surface area contributed by atoms with E-state index in [1.54, 1.807) is 0 Å². The van der Waals surface area contributed by atoms with Gasteiger partial charge in [-0.15, -0.1) is 5.10 Å². The van der Waals surface area contributed by atoms with Crippen LogP contribution >= 0.6 is 7.15 Å². The van der Waals surface area contributed by atoms with E-state index >= 15 is 0 Å². The smallest absolute Gasteiger partial charge is 0.288 e. The van der Waals surface area contributed by atoms with Crippen LogP contribution in [-0.4, -0.2) is 60.7 Å². The van der Waals surface area contributed by atoms with E-state index in [1.807, 2.05) is 0 Å². The van der Waals surface area contributed by atoms with Crippen LogP contribution in [0.5, 0.6) is 0 Å². The molecule has 20 heavy (non-hydrogen) atoms. The largest absolute Gasteiger partial charge is 0.387 e. The molecule has 1 fully saturated rings. The number of aromatic nitrogens is 3. The van der Waals surface area contributed by atoms with Crippen molar-refractivity contribution >= 4 is 24.9 Å². The maximum Gasteiger partial charge on any atom is 0.288 e. The molecule has 0 spiro atoms. The lowest BCUT2D eigenvalue weighted by Crippen LogP contribution is -2.33. The molecule has 12 heteroatoms. The Kier molecular flexibility index (Phi) is 4.81. The third kappa shape index (κ3) is 3.20. The quantitative estimate of drug-likeness (QED) is 0.431. The summed E-state index contributed by atoms with van der Waals surface area (Å²) < 4.78 is 11.3. The standard InChI is InChI=1S/C8H13N4O6PS/c9-6(15)7-10-2-12(11-7)8-5(14)4(13)3(18-8)1-17-19(16)20/h2-5,8,13-14,19H,1H2,(H2,9,15)(H,16,20)/t3-,4-,5-,8-/m1/s1. The van der Waals surface area contributed by atoms with E-state index < -0.39 is 37.6 Å². The van der Waals surface area contributed by atoms with Gasteiger partial charge in [0.2, 0.25) is 5.82 Å². The van der Waals surface area contributed by atoms with Crippen molar-refractivity contribution in [3.05, 3.63) is 12.2 Å². The summed E-state index contributed by atoms with van der Waals surface area (Å²) in [4.78, 5) is 23.5. The number of ether oxygens (including phenoxy) is 1. The number of aliphatic hydroxyl groups is 2. The van der Waals surface area contributed by atoms with Gasteiger partial charge in [0.1, 0.15) is 24.6 Å². The minimum absolute atomic E-state index is 0.166. The van der Waals surface area contributed by atoms with Gasteiger partial charge in [0, 0.05) is 0 Å². The Morgan fingerprint density at radius 1 is 1.60 bits per heavy atom. The summed E-state index contributed by atoms with van der Waals surface area (Å²) in [5.41, 5.74) is 5.01. The number of amides is 1. The Balaban J connectivity index is 2.08. The molecular formula is C8H13N4O6PS. The predicted octanol–water partition coefficient (Wildman–Crippen LogP) is -2.49. The fourth-order valence-electron chi connectivity index (χ4n) is 1.75. The average Bonchev–Trinajstić information content (AvgIpc) is 2.95. The number of nitrogens with zero attached hydrogens (tertiary/aromatic N) is 3. The molecule has 0 saturated carbocycles. The molecule has 5 atom stereocenters. The summed E-state index contributed by atoms with van der Waals surface area (Å²) in [6, 6.07) is 0. The average molecular weight is 324 g/mol. The summed E-state index contributed by atoms with van der Waals surface area (Å²) in [7, 11) is -2.34. The normalized spacial score (nSPS) is 31.4.